The zero-order valence-electron chi connectivity index (χ0n) is 11.8. The zero-order chi connectivity index (χ0) is 14.5. The van der Waals surface area contributed by atoms with Gasteiger partial charge in [-0.15, -0.1) is 0 Å². The fourth-order valence-corrected chi connectivity index (χ4v) is 3.17. The quantitative estimate of drug-likeness (QED) is 0.651. The van der Waals surface area contributed by atoms with E-state index in [1.54, 1.807) is 12.1 Å². The molecule has 0 aromatic heterocycles. The summed E-state index contributed by atoms with van der Waals surface area (Å²) < 4.78 is 0. The third kappa shape index (κ3) is 3.93. The van der Waals surface area contributed by atoms with Crippen LogP contribution in [-0.4, -0.2) is 11.0 Å². The maximum atomic E-state index is 11.0. The second kappa shape index (κ2) is 7.04. The highest BCUT2D eigenvalue weighted by atomic mass is 35.5. The van der Waals surface area contributed by atoms with Gasteiger partial charge in [0, 0.05) is 29.2 Å². The molecular formula is C15H21ClN2O2. The Morgan fingerprint density at radius 1 is 1.45 bits per heavy atom. The van der Waals surface area contributed by atoms with Gasteiger partial charge in [0.25, 0.3) is 5.69 Å². The van der Waals surface area contributed by atoms with Gasteiger partial charge >= 0.3 is 0 Å². The average Bonchev–Trinajstić information content (AvgIpc) is 2.45. The highest BCUT2D eigenvalue weighted by molar-refractivity contribution is 6.30. The number of nitro groups is 1. The summed E-state index contributed by atoms with van der Waals surface area (Å²) >= 11 is 5.94. The van der Waals surface area contributed by atoms with Gasteiger partial charge in [-0.3, -0.25) is 10.1 Å². The molecule has 2 rings (SSSR count). The number of halogens is 1. The molecule has 20 heavy (non-hydrogen) atoms. The van der Waals surface area contributed by atoms with Crippen LogP contribution in [0.15, 0.2) is 18.2 Å². The lowest BCUT2D eigenvalue weighted by Gasteiger charge is -2.29. The molecule has 5 heteroatoms. The third-order valence-electron chi connectivity index (χ3n) is 4.18. The highest BCUT2D eigenvalue weighted by Gasteiger charge is 2.21. The van der Waals surface area contributed by atoms with Crippen molar-refractivity contribution in [1.29, 1.82) is 0 Å². The smallest absolute Gasteiger partial charge is 0.273 e. The van der Waals surface area contributed by atoms with Gasteiger partial charge in [-0.2, -0.15) is 0 Å². The molecule has 2 unspecified atom stereocenters. The molecule has 1 aromatic rings. The summed E-state index contributed by atoms with van der Waals surface area (Å²) in [5, 5.41) is 15.0. The molecule has 0 saturated heterocycles. The Morgan fingerprint density at radius 2 is 2.25 bits per heavy atom. The summed E-state index contributed by atoms with van der Waals surface area (Å²) in [7, 11) is 0. The lowest BCUT2D eigenvalue weighted by atomic mass is 9.84. The molecule has 0 heterocycles. The monoisotopic (exact) mass is 296 g/mol. The van der Waals surface area contributed by atoms with Crippen molar-refractivity contribution in [2.45, 2.75) is 51.6 Å². The Bertz CT molecular complexity index is 479. The van der Waals surface area contributed by atoms with Gasteiger partial charge in [0.1, 0.15) is 0 Å². The van der Waals surface area contributed by atoms with E-state index in [-0.39, 0.29) is 10.6 Å². The molecule has 0 aliphatic heterocycles. The largest absolute Gasteiger partial charge is 0.310 e. The number of nitrogens with zero attached hydrogens (tertiary/aromatic N) is 1. The van der Waals surface area contributed by atoms with Crippen LogP contribution in [0.2, 0.25) is 5.02 Å². The summed E-state index contributed by atoms with van der Waals surface area (Å²) in [6.45, 7) is 2.74. The van der Waals surface area contributed by atoms with E-state index in [0.29, 0.717) is 23.2 Å². The molecule has 0 radical (unpaired) electrons. The van der Waals surface area contributed by atoms with Crippen LogP contribution in [0.1, 0.15) is 44.6 Å². The van der Waals surface area contributed by atoms with Crippen LogP contribution in [0.3, 0.4) is 0 Å². The molecular weight excluding hydrogens is 276 g/mol. The Morgan fingerprint density at radius 3 is 2.95 bits per heavy atom. The first-order chi connectivity index (χ1) is 9.60. The van der Waals surface area contributed by atoms with Crippen molar-refractivity contribution in [1.82, 2.24) is 5.32 Å². The minimum Gasteiger partial charge on any atom is -0.310 e. The fourth-order valence-electron chi connectivity index (χ4n) is 2.98. The van der Waals surface area contributed by atoms with Crippen molar-refractivity contribution in [3.05, 3.63) is 38.9 Å². The molecule has 0 bridgehead atoms. The lowest BCUT2D eigenvalue weighted by Crippen LogP contribution is -2.33. The van der Waals surface area contributed by atoms with E-state index >= 15 is 0 Å². The van der Waals surface area contributed by atoms with E-state index in [2.05, 4.69) is 12.2 Å². The zero-order valence-corrected chi connectivity index (χ0v) is 12.5. The predicted octanol–water partition coefficient (Wildman–Crippen LogP) is 4.31. The molecule has 0 amide bonds. The first kappa shape index (κ1) is 15.3. The molecule has 1 aromatic carbocycles. The molecule has 4 nitrogen and oxygen atoms in total. The summed E-state index contributed by atoms with van der Waals surface area (Å²) in [4.78, 5) is 10.7. The van der Waals surface area contributed by atoms with Gasteiger partial charge < -0.3 is 5.32 Å². The topological polar surface area (TPSA) is 55.2 Å². The minimum atomic E-state index is -0.344. The minimum absolute atomic E-state index is 0.143. The van der Waals surface area contributed by atoms with Crippen molar-refractivity contribution in [2.24, 2.45) is 5.92 Å². The van der Waals surface area contributed by atoms with Gasteiger partial charge in [0.05, 0.1) is 4.92 Å². The van der Waals surface area contributed by atoms with E-state index in [0.717, 1.165) is 12.3 Å². The van der Waals surface area contributed by atoms with Crippen LogP contribution in [0.4, 0.5) is 5.69 Å². The molecule has 0 spiro atoms. The normalized spacial score (nSPS) is 22.7. The summed E-state index contributed by atoms with van der Waals surface area (Å²) in [6.07, 6.45) is 6.10. The fraction of sp³-hybridized carbons (Fsp3) is 0.600. The maximum absolute atomic E-state index is 11.0. The molecule has 2 atom stereocenters. The molecule has 110 valence electrons. The van der Waals surface area contributed by atoms with Gasteiger partial charge in [-0.1, -0.05) is 37.8 Å². The molecule has 1 aliphatic carbocycles. The van der Waals surface area contributed by atoms with Crippen LogP contribution in [-0.2, 0) is 6.54 Å². The summed E-state index contributed by atoms with van der Waals surface area (Å²) in [6, 6.07) is 5.20. The van der Waals surface area contributed by atoms with Crippen molar-refractivity contribution in [3.8, 4) is 0 Å². The van der Waals surface area contributed by atoms with E-state index in [1.165, 1.54) is 31.7 Å². The van der Waals surface area contributed by atoms with Crippen molar-refractivity contribution < 1.29 is 4.92 Å². The number of nitrogens with one attached hydrogen (secondary N) is 1. The maximum Gasteiger partial charge on any atom is 0.273 e. The second-order valence-corrected chi connectivity index (χ2v) is 5.99. The summed E-state index contributed by atoms with van der Waals surface area (Å²) in [5.74, 6) is 0.788. The molecule has 1 fully saturated rings. The number of hydrogen-bond acceptors (Lipinski definition) is 3. The van der Waals surface area contributed by atoms with Gasteiger partial charge in [-0.25, -0.2) is 0 Å². The highest BCUT2D eigenvalue weighted by Crippen LogP contribution is 2.28. The van der Waals surface area contributed by atoms with Crippen LogP contribution in [0, 0.1) is 16.0 Å². The molecule has 1 N–H and O–H groups in total. The Kier molecular flexibility index (Phi) is 5.38. The van der Waals surface area contributed by atoms with Gasteiger partial charge in [0.15, 0.2) is 0 Å². The van der Waals surface area contributed by atoms with Crippen LogP contribution >= 0.6 is 11.6 Å². The predicted molar refractivity (Wildman–Crippen MR) is 81.0 cm³/mol. The first-order valence-corrected chi connectivity index (χ1v) is 7.64. The van der Waals surface area contributed by atoms with E-state index in [1.807, 2.05) is 0 Å². The van der Waals surface area contributed by atoms with Crippen molar-refractivity contribution >= 4 is 17.3 Å². The number of nitro benzene ring substituents is 1. The van der Waals surface area contributed by atoms with Gasteiger partial charge in [-0.05, 0) is 30.9 Å². The number of rotatable bonds is 5. The Hall–Kier alpha value is -1.13. The SMILES string of the molecule is CCC1CCCC(NCc2cc(Cl)ccc2[N+](=O)[O-])C1. The average molecular weight is 297 g/mol. The number of benzene rings is 1. The van der Waals surface area contributed by atoms with E-state index in [4.69, 9.17) is 11.6 Å². The van der Waals surface area contributed by atoms with Crippen molar-refractivity contribution in [2.75, 3.05) is 0 Å². The molecule has 1 saturated carbocycles. The lowest BCUT2D eigenvalue weighted by molar-refractivity contribution is -0.385. The van der Waals surface area contributed by atoms with Crippen molar-refractivity contribution in [3.63, 3.8) is 0 Å². The number of hydrogen-bond donors (Lipinski definition) is 1. The van der Waals surface area contributed by atoms with Crippen LogP contribution < -0.4 is 5.32 Å². The van der Waals surface area contributed by atoms with Crippen LogP contribution in [0.25, 0.3) is 0 Å². The van der Waals surface area contributed by atoms with Gasteiger partial charge in [0.2, 0.25) is 0 Å². The van der Waals surface area contributed by atoms with E-state index < -0.39 is 0 Å². The van der Waals surface area contributed by atoms with E-state index in [9.17, 15) is 10.1 Å². The first-order valence-electron chi connectivity index (χ1n) is 7.26. The Balaban J connectivity index is 1.99. The second-order valence-electron chi connectivity index (χ2n) is 5.55. The molecule has 1 aliphatic rings. The standard InChI is InChI=1S/C15H21ClN2O2/c1-2-11-4-3-5-14(8-11)17-10-12-9-13(16)6-7-15(12)18(19)20/h6-7,9,11,14,17H,2-5,8,10H2,1H3. The Labute approximate surface area is 124 Å². The van der Waals surface area contributed by atoms with Crippen LogP contribution in [0.5, 0.6) is 0 Å². The summed E-state index contributed by atoms with van der Waals surface area (Å²) in [5.41, 5.74) is 0.811. The third-order valence-corrected chi connectivity index (χ3v) is 4.41.